The molecule has 0 spiro atoms. The van der Waals surface area contributed by atoms with E-state index >= 15 is 0 Å². The summed E-state index contributed by atoms with van der Waals surface area (Å²) in [6, 6.07) is 13.6. The molecular formula is C24H27ClN4O. The molecule has 1 aromatic heterocycles. The minimum atomic E-state index is -0.416. The standard InChI is InChI=1S/C24H27ClN4O/c25-21-7-5-20(6-8-21)24(11-1-2-12-24)23(30)28-17-18-9-14-29(15-10-18)22-19(16-26)4-3-13-27-22/h3-8,13,18H,1-2,9-12,14-15,17H2,(H,28,30). The third kappa shape index (κ3) is 4.15. The Kier molecular flexibility index (Phi) is 6.24. The van der Waals surface area contributed by atoms with Gasteiger partial charge in [0.25, 0.3) is 0 Å². The number of halogens is 1. The largest absolute Gasteiger partial charge is 0.356 e. The van der Waals surface area contributed by atoms with Crippen LogP contribution in [0, 0.1) is 17.2 Å². The number of amides is 1. The van der Waals surface area contributed by atoms with Gasteiger partial charge in [-0.1, -0.05) is 36.6 Å². The van der Waals surface area contributed by atoms with E-state index in [-0.39, 0.29) is 5.91 Å². The summed E-state index contributed by atoms with van der Waals surface area (Å²) in [5, 5.41) is 13.3. The molecule has 1 saturated heterocycles. The summed E-state index contributed by atoms with van der Waals surface area (Å²) in [5.74, 6) is 1.37. The van der Waals surface area contributed by atoms with E-state index in [1.54, 1.807) is 12.3 Å². The first-order chi connectivity index (χ1) is 14.6. The summed E-state index contributed by atoms with van der Waals surface area (Å²) in [5.41, 5.74) is 1.28. The minimum absolute atomic E-state index is 0.154. The average molecular weight is 423 g/mol. The van der Waals surface area contributed by atoms with E-state index in [2.05, 4.69) is 21.3 Å². The van der Waals surface area contributed by atoms with Crippen LogP contribution >= 0.6 is 11.6 Å². The lowest BCUT2D eigenvalue weighted by atomic mass is 9.78. The number of nitriles is 1. The summed E-state index contributed by atoms with van der Waals surface area (Å²) in [7, 11) is 0. The second-order valence-corrected chi connectivity index (χ2v) is 8.86. The van der Waals surface area contributed by atoms with Gasteiger partial charge in [-0.25, -0.2) is 4.98 Å². The first kappa shape index (κ1) is 20.7. The van der Waals surface area contributed by atoms with E-state index in [1.807, 2.05) is 30.3 Å². The second-order valence-electron chi connectivity index (χ2n) is 8.42. The van der Waals surface area contributed by atoms with Crippen LogP contribution in [0.5, 0.6) is 0 Å². The Morgan fingerprint density at radius 1 is 1.20 bits per heavy atom. The molecule has 30 heavy (non-hydrogen) atoms. The molecule has 6 heteroatoms. The summed E-state index contributed by atoms with van der Waals surface area (Å²) >= 11 is 6.05. The van der Waals surface area contributed by atoms with E-state index in [0.717, 1.165) is 63.0 Å². The van der Waals surface area contributed by atoms with E-state index in [4.69, 9.17) is 11.6 Å². The van der Waals surface area contributed by atoms with Crippen molar-refractivity contribution in [3.63, 3.8) is 0 Å². The molecule has 4 rings (SSSR count). The van der Waals surface area contributed by atoms with Gasteiger partial charge in [0.2, 0.25) is 5.91 Å². The smallest absolute Gasteiger partial charge is 0.230 e. The highest BCUT2D eigenvalue weighted by Crippen LogP contribution is 2.41. The van der Waals surface area contributed by atoms with Crippen molar-refractivity contribution < 1.29 is 4.79 Å². The van der Waals surface area contributed by atoms with E-state index in [0.29, 0.717) is 23.0 Å². The third-order valence-corrected chi connectivity index (χ3v) is 6.91. The van der Waals surface area contributed by atoms with Crippen molar-refractivity contribution in [2.45, 2.75) is 43.9 Å². The van der Waals surface area contributed by atoms with Crippen LogP contribution in [0.4, 0.5) is 5.82 Å². The monoisotopic (exact) mass is 422 g/mol. The zero-order valence-electron chi connectivity index (χ0n) is 17.1. The van der Waals surface area contributed by atoms with Crippen molar-refractivity contribution >= 4 is 23.3 Å². The fraction of sp³-hybridized carbons (Fsp3) is 0.458. The molecule has 2 fully saturated rings. The van der Waals surface area contributed by atoms with Crippen molar-refractivity contribution in [3.8, 4) is 6.07 Å². The van der Waals surface area contributed by atoms with Gasteiger partial charge in [-0.3, -0.25) is 4.79 Å². The second kappa shape index (κ2) is 9.06. The molecule has 1 saturated carbocycles. The van der Waals surface area contributed by atoms with Crippen LogP contribution in [0.1, 0.15) is 49.7 Å². The number of rotatable bonds is 5. The lowest BCUT2D eigenvalue weighted by Crippen LogP contribution is -2.46. The Bertz CT molecular complexity index is 923. The van der Waals surface area contributed by atoms with Gasteiger partial charge in [-0.15, -0.1) is 0 Å². The first-order valence-electron chi connectivity index (χ1n) is 10.8. The Labute approximate surface area is 183 Å². The summed E-state index contributed by atoms with van der Waals surface area (Å²) in [6.07, 6.45) is 7.66. The fourth-order valence-electron chi connectivity index (χ4n) is 4.89. The number of nitrogens with one attached hydrogen (secondary N) is 1. The Morgan fingerprint density at radius 2 is 1.90 bits per heavy atom. The maximum absolute atomic E-state index is 13.3. The molecule has 0 unspecified atom stereocenters. The van der Waals surface area contributed by atoms with Crippen LogP contribution in [0.3, 0.4) is 0 Å². The molecule has 1 amide bonds. The zero-order chi connectivity index (χ0) is 21.0. The lowest BCUT2D eigenvalue weighted by Gasteiger charge is -2.34. The number of hydrogen-bond acceptors (Lipinski definition) is 4. The van der Waals surface area contributed by atoms with Gasteiger partial charge < -0.3 is 10.2 Å². The quantitative estimate of drug-likeness (QED) is 0.772. The highest BCUT2D eigenvalue weighted by atomic mass is 35.5. The van der Waals surface area contributed by atoms with Crippen LogP contribution in [0.15, 0.2) is 42.6 Å². The number of anilines is 1. The molecule has 2 heterocycles. The Balaban J connectivity index is 1.35. The van der Waals surface area contributed by atoms with Crippen molar-refractivity contribution in [2.24, 2.45) is 5.92 Å². The predicted molar refractivity (Wildman–Crippen MR) is 118 cm³/mol. The number of hydrogen-bond donors (Lipinski definition) is 1. The van der Waals surface area contributed by atoms with Gasteiger partial charge in [-0.05, 0) is 61.4 Å². The molecule has 2 aliphatic rings. The van der Waals surface area contributed by atoms with Crippen LogP contribution in [-0.4, -0.2) is 30.5 Å². The summed E-state index contributed by atoms with van der Waals surface area (Å²) < 4.78 is 0. The van der Waals surface area contributed by atoms with Crippen LogP contribution in [0.2, 0.25) is 5.02 Å². The normalized spacial score (nSPS) is 18.7. The molecule has 2 aromatic rings. The topological polar surface area (TPSA) is 69.0 Å². The number of piperidine rings is 1. The van der Waals surface area contributed by atoms with Crippen LogP contribution < -0.4 is 10.2 Å². The number of carbonyl (C=O) groups is 1. The van der Waals surface area contributed by atoms with E-state index in [1.165, 1.54) is 0 Å². The molecule has 1 aliphatic heterocycles. The van der Waals surface area contributed by atoms with Crippen molar-refractivity contribution in [2.75, 3.05) is 24.5 Å². The van der Waals surface area contributed by atoms with E-state index in [9.17, 15) is 10.1 Å². The minimum Gasteiger partial charge on any atom is -0.356 e. The van der Waals surface area contributed by atoms with Crippen LogP contribution in [0.25, 0.3) is 0 Å². The SMILES string of the molecule is N#Cc1cccnc1N1CCC(CNC(=O)C2(c3ccc(Cl)cc3)CCCC2)CC1. The molecule has 0 bridgehead atoms. The van der Waals surface area contributed by atoms with Crippen molar-refractivity contribution in [1.82, 2.24) is 10.3 Å². The molecule has 156 valence electrons. The number of carbonyl (C=O) groups excluding carboxylic acids is 1. The Hall–Kier alpha value is -2.58. The Morgan fingerprint density at radius 3 is 2.57 bits per heavy atom. The van der Waals surface area contributed by atoms with Gasteiger partial charge in [0.05, 0.1) is 11.0 Å². The third-order valence-electron chi connectivity index (χ3n) is 6.66. The van der Waals surface area contributed by atoms with Crippen LogP contribution in [-0.2, 0) is 10.2 Å². The maximum Gasteiger partial charge on any atom is 0.230 e. The van der Waals surface area contributed by atoms with E-state index < -0.39 is 5.41 Å². The molecule has 0 atom stereocenters. The summed E-state index contributed by atoms with van der Waals surface area (Å²) in [6.45, 7) is 2.42. The molecular weight excluding hydrogens is 396 g/mol. The lowest BCUT2D eigenvalue weighted by molar-refractivity contribution is -0.126. The van der Waals surface area contributed by atoms with Gasteiger partial charge >= 0.3 is 0 Å². The zero-order valence-corrected chi connectivity index (χ0v) is 17.9. The maximum atomic E-state index is 13.3. The fourth-order valence-corrected chi connectivity index (χ4v) is 5.01. The van der Waals surface area contributed by atoms with Gasteiger partial charge in [-0.2, -0.15) is 5.26 Å². The van der Waals surface area contributed by atoms with Gasteiger partial charge in [0.1, 0.15) is 11.9 Å². The molecule has 1 aromatic carbocycles. The van der Waals surface area contributed by atoms with Crippen molar-refractivity contribution in [1.29, 1.82) is 5.26 Å². The molecule has 1 N–H and O–H groups in total. The molecule has 5 nitrogen and oxygen atoms in total. The van der Waals surface area contributed by atoms with Crippen molar-refractivity contribution in [3.05, 3.63) is 58.7 Å². The first-order valence-corrected chi connectivity index (χ1v) is 11.1. The molecule has 1 aliphatic carbocycles. The highest BCUT2D eigenvalue weighted by Gasteiger charge is 2.42. The number of aromatic nitrogens is 1. The highest BCUT2D eigenvalue weighted by molar-refractivity contribution is 6.30. The molecule has 0 radical (unpaired) electrons. The number of nitrogens with zero attached hydrogens (tertiary/aromatic N) is 3. The summed E-state index contributed by atoms with van der Waals surface area (Å²) in [4.78, 5) is 19.8. The number of benzene rings is 1. The predicted octanol–water partition coefficient (Wildman–Crippen LogP) is 4.45. The van der Waals surface area contributed by atoms with Gasteiger partial charge in [0.15, 0.2) is 0 Å². The van der Waals surface area contributed by atoms with Gasteiger partial charge in [0, 0.05) is 30.9 Å². The number of pyridine rings is 1. The average Bonchev–Trinajstić information content (AvgIpc) is 3.29.